The summed E-state index contributed by atoms with van der Waals surface area (Å²) in [6.07, 6.45) is 6.71. The van der Waals surface area contributed by atoms with Gasteiger partial charge in [-0.25, -0.2) is 0 Å². The van der Waals surface area contributed by atoms with Crippen molar-refractivity contribution in [2.24, 2.45) is 5.92 Å². The molecule has 5 heteroatoms. The molecule has 1 atom stereocenters. The van der Waals surface area contributed by atoms with E-state index in [1.807, 2.05) is 12.1 Å². The van der Waals surface area contributed by atoms with E-state index in [9.17, 15) is 0 Å². The number of aromatic nitrogens is 2. The Morgan fingerprint density at radius 1 is 1.39 bits per heavy atom. The van der Waals surface area contributed by atoms with E-state index in [-0.39, 0.29) is 0 Å². The van der Waals surface area contributed by atoms with Crippen LogP contribution in [-0.2, 0) is 24.4 Å². The molecule has 2 aromatic heterocycles. The number of fused-ring (bicyclic) bond motifs is 1. The maximum atomic E-state index is 5.72. The van der Waals surface area contributed by atoms with Crippen LogP contribution < -0.4 is 0 Å². The Bertz CT molecular complexity index is 631. The quantitative estimate of drug-likeness (QED) is 0.788. The van der Waals surface area contributed by atoms with Crippen molar-refractivity contribution in [3.05, 3.63) is 41.6 Å². The van der Waals surface area contributed by atoms with E-state index in [4.69, 9.17) is 14.3 Å². The molecule has 0 amide bonds. The molecule has 0 aromatic carbocycles. The first-order chi connectivity index (χ1) is 11.3. The molecule has 0 N–H and O–H groups in total. The zero-order valence-corrected chi connectivity index (χ0v) is 13.8. The highest BCUT2D eigenvalue weighted by Crippen LogP contribution is 2.33. The predicted octanol–water partition coefficient (Wildman–Crippen LogP) is 3.02. The summed E-state index contributed by atoms with van der Waals surface area (Å²) < 4.78 is 13.4. The van der Waals surface area contributed by atoms with Gasteiger partial charge >= 0.3 is 0 Å². The molecule has 1 saturated carbocycles. The Kier molecular flexibility index (Phi) is 4.23. The van der Waals surface area contributed by atoms with Gasteiger partial charge in [0, 0.05) is 43.9 Å². The third-order valence-electron chi connectivity index (χ3n) is 4.75. The molecule has 3 heterocycles. The number of hydrogen-bond donors (Lipinski definition) is 0. The molecule has 0 radical (unpaired) electrons. The second-order valence-corrected chi connectivity index (χ2v) is 6.81. The van der Waals surface area contributed by atoms with E-state index in [0.29, 0.717) is 5.92 Å². The predicted molar refractivity (Wildman–Crippen MR) is 87.0 cm³/mol. The molecule has 1 aliphatic heterocycles. The molecule has 2 aromatic rings. The monoisotopic (exact) mass is 315 g/mol. The van der Waals surface area contributed by atoms with Crippen LogP contribution >= 0.6 is 0 Å². The summed E-state index contributed by atoms with van der Waals surface area (Å²) in [6, 6.07) is 4.00. The van der Waals surface area contributed by atoms with Gasteiger partial charge in [-0.2, -0.15) is 5.10 Å². The van der Waals surface area contributed by atoms with Gasteiger partial charge in [-0.05, 0) is 37.8 Å². The van der Waals surface area contributed by atoms with Gasteiger partial charge in [-0.3, -0.25) is 9.58 Å². The molecule has 124 valence electrons. The Morgan fingerprint density at radius 3 is 3.04 bits per heavy atom. The molecule has 4 rings (SSSR count). The largest absolute Gasteiger partial charge is 0.468 e. The zero-order chi connectivity index (χ0) is 15.6. The molecular weight excluding hydrogens is 290 g/mol. The van der Waals surface area contributed by atoms with Crippen LogP contribution in [0.4, 0.5) is 0 Å². The molecule has 23 heavy (non-hydrogen) atoms. The highest BCUT2D eigenvalue weighted by atomic mass is 16.5. The van der Waals surface area contributed by atoms with Crippen molar-refractivity contribution in [2.75, 3.05) is 19.8 Å². The molecular formula is C18H25N3O2. The van der Waals surface area contributed by atoms with Gasteiger partial charge in [-0.15, -0.1) is 0 Å². The third-order valence-corrected chi connectivity index (χ3v) is 4.75. The molecule has 0 spiro atoms. The number of ether oxygens (including phenoxy) is 1. The van der Waals surface area contributed by atoms with Crippen LogP contribution in [0.15, 0.2) is 29.0 Å². The maximum absolute atomic E-state index is 5.72. The van der Waals surface area contributed by atoms with E-state index in [1.54, 1.807) is 6.26 Å². The second-order valence-electron chi connectivity index (χ2n) is 6.81. The first kappa shape index (κ1) is 15.0. The molecule has 5 nitrogen and oxygen atoms in total. The minimum atomic E-state index is 0.356. The van der Waals surface area contributed by atoms with Crippen molar-refractivity contribution in [3.63, 3.8) is 0 Å². The average molecular weight is 315 g/mol. The number of nitrogens with zero attached hydrogens (tertiary/aromatic N) is 3. The van der Waals surface area contributed by atoms with Gasteiger partial charge in [-0.1, -0.05) is 0 Å². The van der Waals surface area contributed by atoms with Gasteiger partial charge in [0.2, 0.25) is 0 Å². The number of hydrogen-bond acceptors (Lipinski definition) is 4. The normalized spacial score (nSPS) is 21.5. The summed E-state index contributed by atoms with van der Waals surface area (Å²) in [7, 11) is 0. The summed E-state index contributed by atoms with van der Waals surface area (Å²) in [4.78, 5) is 2.44. The van der Waals surface area contributed by atoms with Crippen LogP contribution in [0.25, 0.3) is 0 Å². The molecule has 2 aliphatic rings. The van der Waals surface area contributed by atoms with Gasteiger partial charge in [0.15, 0.2) is 0 Å². The molecule has 1 aliphatic carbocycles. The Morgan fingerprint density at radius 2 is 2.30 bits per heavy atom. The van der Waals surface area contributed by atoms with Crippen molar-refractivity contribution in [1.82, 2.24) is 14.7 Å². The summed E-state index contributed by atoms with van der Waals surface area (Å²) in [5, 5.41) is 4.88. The lowest BCUT2D eigenvalue weighted by atomic mass is 9.97. The molecule has 1 fully saturated rings. The Balaban J connectivity index is 1.51. The Hall–Kier alpha value is -1.59. The van der Waals surface area contributed by atoms with Crippen LogP contribution in [0.1, 0.15) is 42.7 Å². The van der Waals surface area contributed by atoms with Crippen molar-refractivity contribution in [3.8, 4) is 0 Å². The highest BCUT2D eigenvalue weighted by Gasteiger charge is 2.30. The zero-order valence-electron chi connectivity index (χ0n) is 13.8. The molecule has 0 bridgehead atoms. The standard InChI is InChI=1S/C18H25N3O2/c1-2-22-13-16-10-20(12-17-4-3-7-23-17)9-15-11-21(19-18(15)16)8-14-5-6-14/h3-4,7,11,14,16H,2,5-6,8-10,12-13H2,1H3/t16-/m1/s1. The summed E-state index contributed by atoms with van der Waals surface area (Å²) in [5.74, 6) is 2.23. The average Bonchev–Trinajstić information content (AvgIpc) is 3.04. The fraction of sp³-hybridized carbons (Fsp3) is 0.611. The number of rotatable bonds is 7. The molecule has 0 unspecified atom stereocenters. The fourth-order valence-corrected chi connectivity index (χ4v) is 3.44. The maximum Gasteiger partial charge on any atom is 0.117 e. The lowest BCUT2D eigenvalue weighted by Gasteiger charge is -2.31. The van der Waals surface area contributed by atoms with Crippen molar-refractivity contribution < 1.29 is 9.15 Å². The van der Waals surface area contributed by atoms with Crippen molar-refractivity contribution >= 4 is 0 Å². The van der Waals surface area contributed by atoms with Crippen LogP contribution in [-0.4, -0.2) is 34.4 Å². The first-order valence-corrected chi connectivity index (χ1v) is 8.70. The lowest BCUT2D eigenvalue weighted by molar-refractivity contribution is 0.101. The van der Waals surface area contributed by atoms with Crippen molar-refractivity contribution in [2.45, 2.75) is 45.3 Å². The Labute approximate surface area is 137 Å². The van der Waals surface area contributed by atoms with Crippen molar-refractivity contribution in [1.29, 1.82) is 0 Å². The fourth-order valence-electron chi connectivity index (χ4n) is 3.44. The summed E-state index contributed by atoms with van der Waals surface area (Å²) in [5.41, 5.74) is 2.60. The third kappa shape index (κ3) is 3.51. The molecule has 0 saturated heterocycles. The van der Waals surface area contributed by atoms with Gasteiger partial charge in [0.05, 0.1) is 25.1 Å². The van der Waals surface area contributed by atoms with Crippen LogP contribution in [0.2, 0.25) is 0 Å². The smallest absolute Gasteiger partial charge is 0.117 e. The van der Waals surface area contributed by atoms with E-state index in [1.165, 1.54) is 24.1 Å². The van der Waals surface area contributed by atoms with Gasteiger partial charge < -0.3 is 9.15 Å². The van der Waals surface area contributed by atoms with E-state index < -0.39 is 0 Å². The second kappa shape index (κ2) is 6.49. The minimum absolute atomic E-state index is 0.356. The van der Waals surface area contributed by atoms with E-state index in [0.717, 1.165) is 51.1 Å². The van der Waals surface area contributed by atoms with Gasteiger partial charge in [0.1, 0.15) is 5.76 Å². The topological polar surface area (TPSA) is 43.4 Å². The van der Waals surface area contributed by atoms with E-state index >= 15 is 0 Å². The lowest BCUT2D eigenvalue weighted by Crippen LogP contribution is -2.34. The van der Waals surface area contributed by atoms with Crippen LogP contribution in [0.5, 0.6) is 0 Å². The van der Waals surface area contributed by atoms with Gasteiger partial charge in [0.25, 0.3) is 0 Å². The van der Waals surface area contributed by atoms with Crippen LogP contribution in [0.3, 0.4) is 0 Å². The SMILES string of the molecule is CCOC[C@H]1CN(Cc2ccco2)Cc2cn(CC3CC3)nc21. The minimum Gasteiger partial charge on any atom is -0.468 e. The first-order valence-electron chi connectivity index (χ1n) is 8.70. The van der Waals surface area contributed by atoms with Crippen LogP contribution in [0, 0.1) is 5.92 Å². The summed E-state index contributed by atoms with van der Waals surface area (Å²) in [6.45, 7) is 7.41. The number of furan rings is 1. The highest BCUT2D eigenvalue weighted by molar-refractivity contribution is 5.25. The van der Waals surface area contributed by atoms with E-state index in [2.05, 4.69) is 22.7 Å². The summed E-state index contributed by atoms with van der Waals surface area (Å²) >= 11 is 0.